The van der Waals surface area contributed by atoms with Gasteiger partial charge in [0.1, 0.15) is 18.2 Å². The van der Waals surface area contributed by atoms with Gasteiger partial charge in [-0.1, -0.05) is 24.3 Å². The smallest absolute Gasteiger partial charge is 0.146 e. The number of ether oxygens (including phenoxy) is 1. The molecular formula is C20H22FN3O. The summed E-state index contributed by atoms with van der Waals surface area (Å²) in [5.41, 5.74) is 1.69. The Hall–Kier alpha value is -2.58. The molecule has 3 rings (SSSR count). The molecule has 0 aliphatic carbocycles. The zero-order valence-corrected chi connectivity index (χ0v) is 14.2. The Balaban J connectivity index is 1.41. The summed E-state index contributed by atoms with van der Waals surface area (Å²) in [6.45, 7) is 4.92. The summed E-state index contributed by atoms with van der Waals surface area (Å²) in [6.07, 6.45) is 0.423. The average Bonchev–Trinajstić information content (AvgIpc) is 2.65. The Labute approximate surface area is 148 Å². The van der Waals surface area contributed by atoms with Crippen molar-refractivity contribution in [1.29, 1.82) is 5.26 Å². The molecule has 0 unspecified atom stereocenters. The van der Waals surface area contributed by atoms with Gasteiger partial charge in [-0.2, -0.15) is 5.26 Å². The summed E-state index contributed by atoms with van der Waals surface area (Å²) in [4.78, 5) is 4.43. The number of benzene rings is 2. The highest BCUT2D eigenvalue weighted by molar-refractivity contribution is 5.48. The first-order valence-electron chi connectivity index (χ1n) is 8.57. The SMILES string of the molecule is N#CCc1ccc(OCCN2CCN(c3ccccc3F)CC2)cc1. The number of piperazine rings is 1. The number of halogens is 1. The summed E-state index contributed by atoms with van der Waals surface area (Å²) in [6, 6.07) is 16.7. The molecule has 1 heterocycles. The lowest BCUT2D eigenvalue weighted by molar-refractivity contribution is 0.200. The number of hydrogen-bond donors (Lipinski definition) is 0. The highest BCUT2D eigenvalue weighted by atomic mass is 19.1. The third-order valence-corrected chi connectivity index (χ3v) is 4.45. The largest absolute Gasteiger partial charge is 0.492 e. The molecule has 1 aliphatic rings. The van der Waals surface area contributed by atoms with E-state index in [0.717, 1.165) is 44.0 Å². The second-order valence-electron chi connectivity index (χ2n) is 6.11. The maximum absolute atomic E-state index is 13.8. The van der Waals surface area contributed by atoms with Crippen molar-refractivity contribution in [3.63, 3.8) is 0 Å². The molecule has 0 N–H and O–H groups in total. The quantitative estimate of drug-likeness (QED) is 0.811. The molecule has 5 heteroatoms. The van der Waals surface area contributed by atoms with E-state index in [1.54, 1.807) is 6.07 Å². The maximum atomic E-state index is 13.8. The van der Waals surface area contributed by atoms with Crippen LogP contribution in [0.5, 0.6) is 5.75 Å². The van der Waals surface area contributed by atoms with E-state index in [9.17, 15) is 4.39 Å². The van der Waals surface area contributed by atoms with Gasteiger partial charge in [0, 0.05) is 32.7 Å². The number of para-hydroxylation sites is 1. The average molecular weight is 339 g/mol. The van der Waals surface area contributed by atoms with Crippen molar-refractivity contribution in [2.24, 2.45) is 0 Å². The number of nitriles is 1. The van der Waals surface area contributed by atoms with Crippen LogP contribution >= 0.6 is 0 Å². The van der Waals surface area contributed by atoms with E-state index in [-0.39, 0.29) is 5.82 Å². The van der Waals surface area contributed by atoms with Gasteiger partial charge >= 0.3 is 0 Å². The van der Waals surface area contributed by atoms with E-state index in [2.05, 4.69) is 15.9 Å². The van der Waals surface area contributed by atoms with Crippen LogP contribution in [-0.2, 0) is 6.42 Å². The van der Waals surface area contributed by atoms with Gasteiger partial charge in [-0.25, -0.2) is 4.39 Å². The van der Waals surface area contributed by atoms with Crippen LogP contribution in [0.1, 0.15) is 5.56 Å². The highest BCUT2D eigenvalue weighted by Crippen LogP contribution is 2.20. The molecule has 0 atom stereocenters. The van der Waals surface area contributed by atoms with Crippen molar-refractivity contribution in [2.45, 2.75) is 6.42 Å². The number of nitrogens with zero attached hydrogens (tertiary/aromatic N) is 3. The molecule has 0 amide bonds. The highest BCUT2D eigenvalue weighted by Gasteiger charge is 2.18. The minimum Gasteiger partial charge on any atom is -0.492 e. The van der Waals surface area contributed by atoms with Crippen LogP contribution in [0.3, 0.4) is 0 Å². The van der Waals surface area contributed by atoms with Gasteiger partial charge in [-0.3, -0.25) is 4.90 Å². The van der Waals surface area contributed by atoms with E-state index in [4.69, 9.17) is 10.00 Å². The van der Waals surface area contributed by atoms with Crippen LogP contribution in [0.25, 0.3) is 0 Å². The van der Waals surface area contributed by atoms with Crippen LogP contribution in [0.2, 0.25) is 0 Å². The van der Waals surface area contributed by atoms with Crippen molar-refractivity contribution in [3.8, 4) is 11.8 Å². The van der Waals surface area contributed by atoms with E-state index < -0.39 is 0 Å². The molecule has 1 aliphatic heterocycles. The van der Waals surface area contributed by atoms with Crippen molar-refractivity contribution in [1.82, 2.24) is 4.90 Å². The first-order valence-corrected chi connectivity index (χ1v) is 8.57. The minimum atomic E-state index is -0.154. The lowest BCUT2D eigenvalue weighted by Gasteiger charge is -2.36. The molecule has 2 aromatic rings. The molecule has 0 saturated carbocycles. The molecule has 1 fully saturated rings. The Bertz CT molecular complexity index is 718. The molecule has 0 spiro atoms. The molecule has 25 heavy (non-hydrogen) atoms. The summed E-state index contributed by atoms with van der Waals surface area (Å²) >= 11 is 0. The molecule has 1 saturated heterocycles. The van der Waals surface area contributed by atoms with E-state index >= 15 is 0 Å². The van der Waals surface area contributed by atoms with Crippen LogP contribution in [0.4, 0.5) is 10.1 Å². The van der Waals surface area contributed by atoms with Gasteiger partial charge in [0.05, 0.1) is 18.2 Å². The topological polar surface area (TPSA) is 39.5 Å². The Morgan fingerprint density at radius 3 is 2.40 bits per heavy atom. The van der Waals surface area contributed by atoms with Gasteiger partial charge in [0.15, 0.2) is 0 Å². The zero-order valence-electron chi connectivity index (χ0n) is 14.2. The van der Waals surface area contributed by atoms with E-state index in [1.165, 1.54) is 6.07 Å². The fourth-order valence-corrected chi connectivity index (χ4v) is 3.01. The number of anilines is 1. The standard InChI is InChI=1S/C20H22FN3O/c21-19-3-1-2-4-20(19)24-13-11-23(12-14-24)15-16-25-18-7-5-17(6-8-18)9-10-22/h1-8H,9,11-16H2. The molecule has 130 valence electrons. The third-order valence-electron chi connectivity index (χ3n) is 4.45. The Kier molecular flexibility index (Phi) is 5.86. The molecule has 0 radical (unpaired) electrons. The molecular weight excluding hydrogens is 317 g/mol. The van der Waals surface area contributed by atoms with Crippen molar-refractivity contribution >= 4 is 5.69 Å². The van der Waals surface area contributed by atoms with Crippen LogP contribution in [0, 0.1) is 17.1 Å². The Morgan fingerprint density at radius 2 is 1.72 bits per heavy atom. The zero-order chi connectivity index (χ0) is 17.5. The second-order valence-corrected chi connectivity index (χ2v) is 6.11. The summed E-state index contributed by atoms with van der Waals surface area (Å²) in [5.74, 6) is 0.672. The minimum absolute atomic E-state index is 0.154. The van der Waals surface area contributed by atoms with Gasteiger partial charge < -0.3 is 9.64 Å². The van der Waals surface area contributed by atoms with Gasteiger partial charge in [0.25, 0.3) is 0 Å². The van der Waals surface area contributed by atoms with Gasteiger partial charge in [0.2, 0.25) is 0 Å². The summed E-state index contributed by atoms with van der Waals surface area (Å²) in [5, 5.41) is 8.67. The normalized spacial score (nSPS) is 15.0. The Morgan fingerprint density at radius 1 is 1.00 bits per heavy atom. The third kappa shape index (κ3) is 4.71. The molecule has 4 nitrogen and oxygen atoms in total. The van der Waals surface area contributed by atoms with Crippen LogP contribution < -0.4 is 9.64 Å². The van der Waals surface area contributed by atoms with Crippen molar-refractivity contribution in [2.75, 3.05) is 44.2 Å². The monoisotopic (exact) mass is 339 g/mol. The second kappa shape index (κ2) is 8.50. The van der Waals surface area contributed by atoms with Crippen molar-refractivity contribution < 1.29 is 9.13 Å². The summed E-state index contributed by atoms with van der Waals surface area (Å²) < 4.78 is 19.6. The molecule has 2 aromatic carbocycles. The lowest BCUT2D eigenvalue weighted by Crippen LogP contribution is -2.47. The fraction of sp³-hybridized carbons (Fsp3) is 0.350. The molecule has 0 aromatic heterocycles. The van der Waals surface area contributed by atoms with E-state index in [1.807, 2.05) is 36.4 Å². The van der Waals surface area contributed by atoms with Crippen LogP contribution in [0.15, 0.2) is 48.5 Å². The predicted octanol–water partition coefficient (Wildman–Crippen LogP) is 3.09. The number of rotatable bonds is 6. The van der Waals surface area contributed by atoms with Gasteiger partial charge in [-0.05, 0) is 29.8 Å². The van der Waals surface area contributed by atoms with Crippen LogP contribution in [-0.4, -0.2) is 44.2 Å². The number of hydrogen-bond acceptors (Lipinski definition) is 4. The first-order chi connectivity index (χ1) is 12.3. The lowest BCUT2D eigenvalue weighted by atomic mass is 10.2. The molecule has 0 bridgehead atoms. The van der Waals surface area contributed by atoms with Gasteiger partial charge in [-0.15, -0.1) is 0 Å². The summed E-state index contributed by atoms with van der Waals surface area (Å²) in [7, 11) is 0. The van der Waals surface area contributed by atoms with Crippen molar-refractivity contribution in [3.05, 3.63) is 59.9 Å². The first kappa shape index (κ1) is 17.2. The predicted molar refractivity (Wildman–Crippen MR) is 96.3 cm³/mol. The maximum Gasteiger partial charge on any atom is 0.146 e. The fourth-order valence-electron chi connectivity index (χ4n) is 3.01. The van der Waals surface area contributed by atoms with E-state index in [0.29, 0.717) is 18.7 Å².